The maximum atomic E-state index is 14.7. The first-order valence-corrected chi connectivity index (χ1v) is 14.0. The molecule has 0 saturated heterocycles. The summed E-state index contributed by atoms with van der Waals surface area (Å²) in [5.41, 5.74) is 0.0197. The molecular formula is C24H26F2N2O5Si. The average molecular weight is 489 g/mol. The topological polar surface area (TPSA) is 92.6 Å². The molecule has 0 unspecified atom stereocenters. The number of methoxy groups -OCH3 is 1. The van der Waals surface area contributed by atoms with Gasteiger partial charge in [0.15, 0.2) is 5.78 Å². The number of carbonyl (C=O) groups is 2. The quantitative estimate of drug-likeness (QED) is 0.491. The standard InChI is InChI=1S/C24H26F2N2O5Si/c1-28(24(31)20-13-21(30)27-33-20)22(15-6-8-16(32-2)9-7-15)19(29)12-14-10-17(25)23(18(26)11-14)34(3,4)5/h6-11,13,22H,12H2,1-5H3,(H,27,30)/t22-/m1/s1. The monoisotopic (exact) mass is 488 g/mol. The fourth-order valence-electron chi connectivity index (χ4n) is 3.83. The van der Waals surface area contributed by atoms with E-state index < -0.39 is 43.0 Å². The Hall–Kier alpha value is -3.53. The maximum Gasteiger partial charge on any atom is 0.293 e. The number of nitrogens with zero attached hydrogens (tertiary/aromatic N) is 1. The van der Waals surface area contributed by atoms with E-state index in [1.807, 2.05) is 24.8 Å². The summed E-state index contributed by atoms with van der Waals surface area (Å²) in [6.45, 7) is 5.50. The second-order valence-electron chi connectivity index (χ2n) is 9.00. The molecule has 1 heterocycles. The lowest BCUT2D eigenvalue weighted by molar-refractivity contribution is -0.122. The number of carbonyl (C=O) groups excluding carboxylic acids is 2. The molecule has 0 fully saturated rings. The highest BCUT2D eigenvalue weighted by Gasteiger charge is 2.32. The lowest BCUT2D eigenvalue weighted by Gasteiger charge is -2.27. The molecule has 0 aliphatic rings. The highest BCUT2D eigenvalue weighted by atomic mass is 28.3. The third-order valence-corrected chi connectivity index (χ3v) is 7.39. The number of halogens is 2. The van der Waals surface area contributed by atoms with Gasteiger partial charge >= 0.3 is 0 Å². The van der Waals surface area contributed by atoms with Crippen LogP contribution in [-0.2, 0) is 11.2 Å². The smallest absolute Gasteiger partial charge is 0.293 e. The third kappa shape index (κ3) is 5.33. The number of H-pyrrole nitrogens is 1. The van der Waals surface area contributed by atoms with E-state index in [1.54, 1.807) is 24.3 Å². The van der Waals surface area contributed by atoms with Gasteiger partial charge in [-0.05, 0) is 35.4 Å². The molecule has 180 valence electrons. The summed E-state index contributed by atoms with van der Waals surface area (Å²) in [7, 11) is 0.605. The fourth-order valence-corrected chi connectivity index (χ4v) is 5.41. The SMILES string of the molecule is COc1ccc([C@H](C(=O)Cc2cc(F)c([Si](C)(C)C)c(F)c2)N(C)C(=O)c2cc(=O)[nH]o2)cc1. The van der Waals surface area contributed by atoms with E-state index >= 15 is 0 Å². The Morgan fingerprint density at radius 1 is 1.09 bits per heavy atom. The fraction of sp³-hybridized carbons (Fsp3) is 0.292. The van der Waals surface area contributed by atoms with Gasteiger partial charge in [-0.1, -0.05) is 31.8 Å². The van der Waals surface area contributed by atoms with Crippen molar-refractivity contribution in [3.63, 3.8) is 0 Å². The maximum absolute atomic E-state index is 14.7. The van der Waals surface area contributed by atoms with Crippen molar-refractivity contribution >= 4 is 25.0 Å². The van der Waals surface area contributed by atoms with E-state index in [1.165, 1.54) is 26.3 Å². The molecular weight excluding hydrogens is 462 g/mol. The molecule has 1 aromatic heterocycles. The number of Topliss-reactive ketones (excluding diaryl/α,β-unsaturated/α-hetero) is 1. The summed E-state index contributed by atoms with van der Waals surface area (Å²) >= 11 is 0. The summed E-state index contributed by atoms with van der Waals surface area (Å²) in [6, 6.07) is 8.72. The van der Waals surface area contributed by atoms with Crippen LogP contribution in [0.2, 0.25) is 19.6 Å². The summed E-state index contributed by atoms with van der Waals surface area (Å²) < 4.78 is 39.5. The number of rotatable bonds is 8. The predicted octanol–water partition coefficient (Wildman–Crippen LogP) is 3.43. The van der Waals surface area contributed by atoms with E-state index in [0.717, 1.165) is 11.0 Å². The van der Waals surface area contributed by atoms with Gasteiger partial charge in [-0.25, -0.2) is 8.78 Å². The first-order valence-electron chi connectivity index (χ1n) is 10.5. The van der Waals surface area contributed by atoms with Gasteiger partial charge in [0.05, 0.1) is 21.3 Å². The summed E-state index contributed by atoms with van der Waals surface area (Å²) in [5, 5.41) is 2.11. The third-order valence-electron chi connectivity index (χ3n) is 5.41. The van der Waals surface area contributed by atoms with Crippen LogP contribution in [0.15, 0.2) is 51.8 Å². The van der Waals surface area contributed by atoms with E-state index in [4.69, 9.17) is 9.26 Å². The van der Waals surface area contributed by atoms with Crippen molar-refractivity contribution in [2.24, 2.45) is 0 Å². The molecule has 1 amide bonds. The molecule has 2 aromatic carbocycles. The highest BCUT2D eigenvalue weighted by Crippen LogP contribution is 2.26. The number of aromatic amines is 1. The van der Waals surface area contributed by atoms with Gasteiger partial charge in [0, 0.05) is 18.7 Å². The van der Waals surface area contributed by atoms with Crippen LogP contribution in [0.4, 0.5) is 8.78 Å². The Labute approximate surface area is 196 Å². The minimum absolute atomic E-state index is 0.0742. The van der Waals surface area contributed by atoms with Crippen LogP contribution in [0, 0.1) is 11.6 Å². The normalized spacial score (nSPS) is 12.3. The Balaban J connectivity index is 1.98. The summed E-state index contributed by atoms with van der Waals surface area (Å²) in [4.78, 5) is 38.8. The van der Waals surface area contributed by atoms with Crippen molar-refractivity contribution in [3.8, 4) is 5.75 Å². The molecule has 0 aliphatic carbocycles. The van der Waals surface area contributed by atoms with E-state index in [-0.39, 0.29) is 22.9 Å². The molecule has 0 radical (unpaired) electrons. The van der Waals surface area contributed by atoms with Crippen molar-refractivity contribution in [1.29, 1.82) is 0 Å². The minimum Gasteiger partial charge on any atom is -0.497 e. The molecule has 0 aliphatic heterocycles. The minimum atomic E-state index is -2.28. The number of amides is 1. The lowest BCUT2D eigenvalue weighted by Crippen LogP contribution is -2.42. The predicted molar refractivity (Wildman–Crippen MR) is 125 cm³/mol. The number of hydrogen-bond donors (Lipinski definition) is 1. The van der Waals surface area contributed by atoms with Gasteiger partial charge in [-0.3, -0.25) is 14.4 Å². The molecule has 1 atom stereocenters. The van der Waals surface area contributed by atoms with Gasteiger partial charge in [-0.15, -0.1) is 0 Å². The number of ether oxygens (including phenoxy) is 1. The van der Waals surface area contributed by atoms with Gasteiger partial charge in [0.1, 0.15) is 23.4 Å². The summed E-state index contributed by atoms with van der Waals surface area (Å²) in [5.74, 6) is -2.26. The van der Waals surface area contributed by atoms with Crippen LogP contribution < -0.4 is 15.5 Å². The first-order chi connectivity index (χ1) is 15.9. The number of hydrogen-bond acceptors (Lipinski definition) is 5. The Bertz CT molecular complexity index is 1240. The number of nitrogens with one attached hydrogen (secondary N) is 1. The molecule has 3 aromatic rings. The zero-order valence-electron chi connectivity index (χ0n) is 19.6. The highest BCUT2D eigenvalue weighted by molar-refractivity contribution is 6.88. The Kier molecular flexibility index (Phi) is 7.20. The van der Waals surface area contributed by atoms with Crippen LogP contribution >= 0.6 is 0 Å². The van der Waals surface area contributed by atoms with E-state index in [0.29, 0.717) is 11.3 Å². The molecule has 34 heavy (non-hydrogen) atoms. The van der Waals surface area contributed by atoms with Crippen molar-refractivity contribution < 1.29 is 27.6 Å². The molecule has 0 bridgehead atoms. The van der Waals surface area contributed by atoms with E-state index in [9.17, 15) is 23.2 Å². The zero-order valence-corrected chi connectivity index (χ0v) is 20.6. The number of ketones is 1. The van der Waals surface area contributed by atoms with Gasteiger partial charge in [0.25, 0.3) is 11.5 Å². The lowest BCUT2D eigenvalue weighted by atomic mass is 9.96. The second-order valence-corrected chi connectivity index (χ2v) is 14.0. The summed E-state index contributed by atoms with van der Waals surface area (Å²) in [6.07, 6.45) is -0.314. The Morgan fingerprint density at radius 2 is 1.68 bits per heavy atom. The molecule has 7 nitrogen and oxygen atoms in total. The second kappa shape index (κ2) is 9.76. The Morgan fingerprint density at radius 3 is 2.15 bits per heavy atom. The van der Waals surface area contributed by atoms with Gasteiger partial charge < -0.3 is 14.2 Å². The number of likely N-dealkylation sites (N-methyl/N-ethyl adjacent to an activating group) is 1. The molecule has 0 saturated carbocycles. The molecule has 0 spiro atoms. The van der Waals surface area contributed by atoms with Crippen LogP contribution in [-0.4, -0.2) is 44.0 Å². The van der Waals surface area contributed by atoms with Crippen molar-refractivity contribution in [3.05, 3.63) is 81.3 Å². The zero-order chi connectivity index (χ0) is 25.2. The van der Waals surface area contributed by atoms with Crippen molar-refractivity contribution in [1.82, 2.24) is 10.1 Å². The first kappa shape index (κ1) is 25.1. The van der Waals surface area contributed by atoms with Gasteiger partial charge in [0.2, 0.25) is 5.76 Å². The van der Waals surface area contributed by atoms with Crippen LogP contribution in [0.25, 0.3) is 0 Å². The van der Waals surface area contributed by atoms with E-state index in [2.05, 4.69) is 0 Å². The van der Waals surface area contributed by atoms with Gasteiger partial charge in [-0.2, -0.15) is 5.16 Å². The number of benzene rings is 2. The molecule has 10 heteroatoms. The number of aromatic nitrogens is 1. The molecule has 1 N–H and O–H groups in total. The molecule has 3 rings (SSSR count). The van der Waals surface area contributed by atoms with Crippen LogP contribution in [0.5, 0.6) is 5.75 Å². The van der Waals surface area contributed by atoms with Crippen LogP contribution in [0.1, 0.15) is 27.7 Å². The van der Waals surface area contributed by atoms with Crippen LogP contribution in [0.3, 0.4) is 0 Å². The average Bonchev–Trinajstić information content (AvgIpc) is 3.18. The van der Waals surface area contributed by atoms with Crippen molar-refractivity contribution in [2.45, 2.75) is 32.1 Å². The largest absolute Gasteiger partial charge is 0.497 e. The van der Waals surface area contributed by atoms with Crippen molar-refractivity contribution in [2.75, 3.05) is 14.2 Å².